The van der Waals surface area contributed by atoms with Gasteiger partial charge in [0.25, 0.3) is 5.91 Å². The van der Waals surface area contributed by atoms with Gasteiger partial charge < -0.3 is 15.4 Å². The highest BCUT2D eigenvalue weighted by Gasteiger charge is 2.36. The van der Waals surface area contributed by atoms with Gasteiger partial charge in [-0.1, -0.05) is 17.7 Å². The molecular formula is C20H23N3O3. The lowest BCUT2D eigenvalue weighted by atomic mass is 9.90. The highest BCUT2D eigenvalue weighted by Crippen LogP contribution is 2.33. The third-order valence-electron chi connectivity index (χ3n) is 4.74. The summed E-state index contributed by atoms with van der Waals surface area (Å²) in [5, 5.41) is 0. The number of carbonyl (C=O) groups is 2. The number of nitrogens with two attached hydrogens (primary N) is 1. The molecule has 0 spiro atoms. The molecule has 1 fully saturated rings. The Morgan fingerprint density at radius 1 is 1.15 bits per heavy atom. The third kappa shape index (κ3) is 4.26. The zero-order chi connectivity index (χ0) is 18.5. The van der Waals surface area contributed by atoms with Crippen LogP contribution in [-0.4, -0.2) is 48.0 Å². The van der Waals surface area contributed by atoms with E-state index in [1.54, 1.807) is 12.4 Å². The molecule has 3 rings (SSSR count). The van der Waals surface area contributed by atoms with Crippen molar-refractivity contribution < 1.29 is 14.3 Å². The van der Waals surface area contributed by atoms with Gasteiger partial charge in [0.15, 0.2) is 0 Å². The molecule has 2 aromatic rings. The van der Waals surface area contributed by atoms with Crippen LogP contribution in [0.5, 0.6) is 0 Å². The Morgan fingerprint density at radius 2 is 1.85 bits per heavy atom. The molecule has 0 aliphatic carbocycles. The summed E-state index contributed by atoms with van der Waals surface area (Å²) in [6.45, 7) is 3.47. The van der Waals surface area contributed by atoms with Crippen LogP contribution >= 0.6 is 0 Å². The van der Waals surface area contributed by atoms with Gasteiger partial charge in [-0.15, -0.1) is 0 Å². The first-order valence-corrected chi connectivity index (χ1v) is 8.66. The molecule has 6 nitrogen and oxygen atoms in total. The first kappa shape index (κ1) is 18.1. The maximum atomic E-state index is 12.9. The van der Waals surface area contributed by atoms with Gasteiger partial charge in [0.1, 0.15) is 6.61 Å². The highest BCUT2D eigenvalue weighted by atomic mass is 16.5. The molecule has 1 saturated heterocycles. The maximum absolute atomic E-state index is 12.9. The van der Waals surface area contributed by atoms with E-state index in [9.17, 15) is 9.59 Å². The van der Waals surface area contributed by atoms with E-state index in [1.165, 1.54) is 0 Å². The SMILES string of the molecule is Cc1ccc(C(=O)N2CC(COCC(N)=O)C(c3ccncc3)C2)cc1. The molecule has 2 unspecified atom stereocenters. The Hall–Kier alpha value is -2.73. The van der Waals surface area contributed by atoms with E-state index < -0.39 is 5.91 Å². The number of pyridine rings is 1. The molecule has 26 heavy (non-hydrogen) atoms. The number of likely N-dealkylation sites (tertiary alicyclic amines) is 1. The van der Waals surface area contributed by atoms with Crippen molar-refractivity contribution in [3.8, 4) is 0 Å². The van der Waals surface area contributed by atoms with E-state index in [0.717, 1.165) is 11.1 Å². The molecule has 1 aromatic carbocycles. The zero-order valence-electron chi connectivity index (χ0n) is 14.8. The maximum Gasteiger partial charge on any atom is 0.253 e. The molecule has 1 aliphatic heterocycles. The minimum Gasteiger partial charge on any atom is -0.371 e. The molecule has 1 aromatic heterocycles. The van der Waals surface area contributed by atoms with Gasteiger partial charge in [0.05, 0.1) is 6.61 Å². The van der Waals surface area contributed by atoms with E-state index in [-0.39, 0.29) is 24.3 Å². The van der Waals surface area contributed by atoms with E-state index in [2.05, 4.69) is 4.98 Å². The van der Waals surface area contributed by atoms with Crippen LogP contribution in [0.25, 0.3) is 0 Å². The average Bonchev–Trinajstić information content (AvgIpc) is 3.06. The van der Waals surface area contributed by atoms with Crippen molar-refractivity contribution in [2.75, 3.05) is 26.3 Å². The Morgan fingerprint density at radius 3 is 2.50 bits per heavy atom. The van der Waals surface area contributed by atoms with E-state index in [1.807, 2.05) is 48.2 Å². The van der Waals surface area contributed by atoms with Crippen molar-refractivity contribution in [2.45, 2.75) is 12.8 Å². The predicted octanol–water partition coefficient (Wildman–Crippen LogP) is 1.75. The smallest absolute Gasteiger partial charge is 0.253 e. The molecule has 2 atom stereocenters. The fraction of sp³-hybridized carbons (Fsp3) is 0.350. The third-order valence-corrected chi connectivity index (χ3v) is 4.74. The second-order valence-corrected chi connectivity index (χ2v) is 6.70. The summed E-state index contributed by atoms with van der Waals surface area (Å²) in [4.78, 5) is 29.7. The molecule has 1 aliphatic rings. The lowest BCUT2D eigenvalue weighted by Gasteiger charge is -2.17. The van der Waals surface area contributed by atoms with Crippen molar-refractivity contribution in [1.29, 1.82) is 0 Å². The summed E-state index contributed by atoms with van der Waals surface area (Å²) in [6.07, 6.45) is 3.50. The van der Waals surface area contributed by atoms with Crippen LogP contribution < -0.4 is 5.73 Å². The fourth-order valence-corrected chi connectivity index (χ4v) is 3.38. The number of aryl methyl sites for hydroxylation is 1. The zero-order valence-corrected chi connectivity index (χ0v) is 14.8. The van der Waals surface area contributed by atoms with Crippen LogP contribution in [0.2, 0.25) is 0 Å². The lowest BCUT2D eigenvalue weighted by molar-refractivity contribution is -0.122. The van der Waals surface area contributed by atoms with Gasteiger partial charge in [-0.05, 0) is 36.8 Å². The first-order valence-electron chi connectivity index (χ1n) is 8.66. The van der Waals surface area contributed by atoms with Gasteiger partial charge in [0, 0.05) is 42.9 Å². The van der Waals surface area contributed by atoms with Gasteiger partial charge >= 0.3 is 0 Å². The van der Waals surface area contributed by atoms with Crippen LogP contribution in [0.15, 0.2) is 48.8 Å². The first-order chi connectivity index (χ1) is 12.5. The molecular weight excluding hydrogens is 330 g/mol. The number of hydrogen-bond donors (Lipinski definition) is 1. The number of nitrogens with zero attached hydrogens (tertiary/aromatic N) is 2. The summed E-state index contributed by atoms with van der Waals surface area (Å²) in [6, 6.07) is 11.5. The molecule has 0 radical (unpaired) electrons. The summed E-state index contributed by atoms with van der Waals surface area (Å²) in [5.41, 5.74) is 8.07. The minimum atomic E-state index is -0.490. The van der Waals surface area contributed by atoms with Crippen molar-refractivity contribution in [1.82, 2.24) is 9.88 Å². The van der Waals surface area contributed by atoms with Crippen LogP contribution in [0.1, 0.15) is 27.4 Å². The lowest BCUT2D eigenvalue weighted by Crippen LogP contribution is -2.29. The second-order valence-electron chi connectivity index (χ2n) is 6.70. The molecule has 2 heterocycles. The molecule has 0 bridgehead atoms. The Kier molecular flexibility index (Phi) is 5.63. The van der Waals surface area contributed by atoms with Gasteiger partial charge in [0.2, 0.25) is 5.91 Å². The van der Waals surface area contributed by atoms with Crippen molar-refractivity contribution in [2.24, 2.45) is 11.7 Å². The van der Waals surface area contributed by atoms with Crippen molar-refractivity contribution >= 4 is 11.8 Å². The van der Waals surface area contributed by atoms with E-state index in [0.29, 0.717) is 25.3 Å². The monoisotopic (exact) mass is 353 g/mol. The molecule has 2 N–H and O–H groups in total. The summed E-state index contributed by atoms with van der Waals surface area (Å²) < 4.78 is 5.45. The Labute approximate surface area is 153 Å². The number of aromatic nitrogens is 1. The van der Waals surface area contributed by atoms with Crippen LogP contribution in [-0.2, 0) is 9.53 Å². The number of amides is 2. The van der Waals surface area contributed by atoms with E-state index >= 15 is 0 Å². The number of primary amides is 1. The van der Waals surface area contributed by atoms with Gasteiger partial charge in [-0.25, -0.2) is 0 Å². The summed E-state index contributed by atoms with van der Waals surface area (Å²) >= 11 is 0. The number of carbonyl (C=O) groups excluding carboxylic acids is 2. The second kappa shape index (κ2) is 8.10. The van der Waals surface area contributed by atoms with Crippen LogP contribution in [0, 0.1) is 12.8 Å². The number of hydrogen-bond acceptors (Lipinski definition) is 4. The number of benzene rings is 1. The van der Waals surface area contributed by atoms with Crippen molar-refractivity contribution in [3.63, 3.8) is 0 Å². The van der Waals surface area contributed by atoms with Crippen LogP contribution in [0.3, 0.4) is 0 Å². The van der Waals surface area contributed by atoms with E-state index in [4.69, 9.17) is 10.5 Å². The molecule has 0 saturated carbocycles. The Bertz CT molecular complexity index is 762. The predicted molar refractivity (Wildman–Crippen MR) is 97.6 cm³/mol. The normalized spacial score (nSPS) is 19.5. The molecule has 2 amide bonds. The van der Waals surface area contributed by atoms with Crippen LogP contribution in [0.4, 0.5) is 0 Å². The largest absolute Gasteiger partial charge is 0.371 e. The summed E-state index contributed by atoms with van der Waals surface area (Å²) in [7, 11) is 0. The quantitative estimate of drug-likeness (QED) is 0.857. The topological polar surface area (TPSA) is 85.5 Å². The Balaban J connectivity index is 1.75. The minimum absolute atomic E-state index is 0.0152. The van der Waals surface area contributed by atoms with Gasteiger partial charge in [-0.2, -0.15) is 0 Å². The fourth-order valence-electron chi connectivity index (χ4n) is 3.38. The van der Waals surface area contributed by atoms with Crippen molar-refractivity contribution in [3.05, 3.63) is 65.5 Å². The molecule has 6 heteroatoms. The van der Waals surface area contributed by atoms with Gasteiger partial charge in [-0.3, -0.25) is 14.6 Å². The standard InChI is InChI=1S/C20H23N3O3/c1-14-2-4-16(5-3-14)20(25)23-10-17(12-26-13-19(21)24)18(11-23)15-6-8-22-9-7-15/h2-9,17-18H,10-13H2,1H3,(H2,21,24). The number of ether oxygens (including phenoxy) is 1. The average molecular weight is 353 g/mol. The number of rotatable bonds is 6. The highest BCUT2D eigenvalue weighted by molar-refractivity contribution is 5.94. The summed E-state index contributed by atoms with van der Waals surface area (Å²) in [5.74, 6) is -0.232. The molecule has 136 valence electrons.